The first-order chi connectivity index (χ1) is 14.9. The molecule has 0 aliphatic heterocycles. The normalized spacial score (nSPS) is 18.7. The van der Waals surface area contributed by atoms with Crippen LogP contribution in [0.4, 0.5) is 5.69 Å². The van der Waals surface area contributed by atoms with Gasteiger partial charge < -0.3 is 10.1 Å². The molecule has 1 amide bonds. The SMILES string of the molecule is CC1CCCCC1NC(=O)/C(C#N)=C/c1ccc(Oc2ccccc2Cl)c([N+](=O)[O-])c1. The predicted molar refractivity (Wildman–Crippen MR) is 118 cm³/mol. The van der Waals surface area contributed by atoms with Crippen molar-refractivity contribution in [3.05, 3.63) is 68.7 Å². The molecule has 1 N–H and O–H groups in total. The number of nitrogens with one attached hydrogen (secondary N) is 1. The van der Waals surface area contributed by atoms with Crippen LogP contribution in [0.3, 0.4) is 0 Å². The molecule has 7 nitrogen and oxygen atoms in total. The summed E-state index contributed by atoms with van der Waals surface area (Å²) in [6, 6.07) is 12.8. The minimum absolute atomic E-state index is 0.00856. The number of amides is 1. The van der Waals surface area contributed by atoms with Crippen molar-refractivity contribution in [3.8, 4) is 17.6 Å². The molecule has 1 aliphatic carbocycles. The van der Waals surface area contributed by atoms with Crippen LogP contribution >= 0.6 is 11.6 Å². The van der Waals surface area contributed by atoms with Gasteiger partial charge in [-0.15, -0.1) is 0 Å². The molecular formula is C23H22ClN3O4. The molecule has 2 unspecified atom stereocenters. The summed E-state index contributed by atoms with van der Waals surface area (Å²) in [6.07, 6.45) is 5.44. The van der Waals surface area contributed by atoms with Gasteiger partial charge in [0, 0.05) is 12.1 Å². The number of nitro groups is 1. The summed E-state index contributed by atoms with van der Waals surface area (Å²) in [4.78, 5) is 23.6. The Kier molecular flexibility index (Phi) is 7.27. The largest absolute Gasteiger partial charge is 0.449 e. The van der Waals surface area contributed by atoms with Gasteiger partial charge in [0.2, 0.25) is 5.75 Å². The maximum atomic E-state index is 12.6. The molecule has 1 saturated carbocycles. The lowest BCUT2D eigenvalue weighted by atomic mass is 9.86. The van der Waals surface area contributed by atoms with E-state index in [1.54, 1.807) is 30.3 Å². The van der Waals surface area contributed by atoms with Crippen LogP contribution in [0, 0.1) is 27.4 Å². The van der Waals surface area contributed by atoms with Crippen LogP contribution in [0.2, 0.25) is 5.02 Å². The average molecular weight is 440 g/mol. The summed E-state index contributed by atoms with van der Waals surface area (Å²) in [5, 5.41) is 24.3. The van der Waals surface area contributed by atoms with Gasteiger partial charge in [0.1, 0.15) is 17.4 Å². The van der Waals surface area contributed by atoms with Crippen molar-refractivity contribution in [1.82, 2.24) is 5.32 Å². The smallest absolute Gasteiger partial charge is 0.312 e. The third kappa shape index (κ3) is 5.62. The first kappa shape index (κ1) is 22.3. The zero-order valence-corrected chi connectivity index (χ0v) is 17.8. The Morgan fingerprint density at radius 1 is 1.26 bits per heavy atom. The summed E-state index contributed by atoms with van der Waals surface area (Å²) in [5.41, 5.74) is -0.0549. The average Bonchev–Trinajstić information content (AvgIpc) is 2.75. The molecule has 8 heteroatoms. The Morgan fingerprint density at radius 2 is 2.00 bits per heavy atom. The van der Waals surface area contributed by atoms with Crippen molar-refractivity contribution in [2.24, 2.45) is 5.92 Å². The summed E-state index contributed by atoms with van der Waals surface area (Å²) >= 11 is 6.07. The van der Waals surface area contributed by atoms with Crippen LogP contribution in [0.25, 0.3) is 6.08 Å². The van der Waals surface area contributed by atoms with E-state index in [-0.39, 0.29) is 28.8 Å². The zero-order valence-electron chi connectivity index (χ0n) is 17.0. The lowest BCUT2D eigenvalue weighted by Gasteiger charge is -2.29. The highest BCUT2D eigenvalue weighted by atomic mass is 35.5. The van der Waals surface area contributed by atoms with Crippen LogP contribution in [0.5, 0.6) is 11.5 Å². The molecule has 0 bridgehead atoms. The van der Waals surface area contributed by atoms with Crippen molar-refractivity contribution in [3.63, 3.8) is 0 Å². The number of nitro benzene ring substituents is 1. The van der Waals surface area contributed by atoms with E-state index in [2.05, 4.69) is 12.2 Å². The van der Waals surface area contributed by atoms with E-state index in [9.17, 15) is 20.2 Å². The second-order valence-electron chi connectivity index (χ2n) is 7.53. The van der Waals surface area contributed by atoms with Crippen LogP contribution < -0.4 is 10.1 Å². The maximum absolute atomic E-state index is 12.6. The third-order valence-electron chi connectivity index (χ3n) is 5.34. The molecule has 1 fully saturated rings. The highest BCUT2D eigenvalue weighted by Gasteiger charge is 2.24. The second-order valence-corrected chi connectivity index (χ2v) is 7.94. The fourth-order valence-electron chi connectivity index (χ4n) is 3.59. The Morgan fingerprint density at radius 3 is 2.68 bits per heavy atom. The van der Waals surface area contributed by atoms with Crippen molar-refractivity contribution in [1.29, 1.82) is 5.26 Å². The van der Waals surface area contributed by atoms with Crippen molar-refractivity contribution in [2.45, 2.75) is 38.6 Å². The molecule has 0 spiro atoms. The van der Waals surface area contributed by atoms with E-state index in [1.165, 1.54) is 18.2 Å². The van der Waals surface area contributed by atoms with E-state index in [0.717, 1.165) is 25.7 Å². The topological polar surface area (TPSA) is 105 Å². The molecule has 0 saturated heterocycles. The molecular weight excluding hydrogens is 418 g/mol. The van der Waals surface area contributed by atoms with Gasteiger partial charge in [-0.25, -0.2) is 0 Å². The van der Waals surface area contributed by atoms with Gasteiger partial charge in [0.15, 0.2) is 0 Å². The van der Waals surface area contributed by atoms with Gasteiger partial charge in [-0.2, -0.15) is 5.26 Å². The number of nitrogens with zero attached hydrogens (tertiary/aromatic N) is 2. The number of halogens is 1. The van der Waals surface area contributed by atoms with E-state index in [4.69, 9.17) is 16.3 Å². The second kappa shape index (κ2) is 10.1. The fraction of sp³-hybridized carbons (Fsp3) is 0.304. The molecule has 31 heavy (non-hydrogen) atoms. The highest BCUT2D eigenvalue weighted by molar-refractivity contribution is 6.32. The number of hydrogen-bond donors (Lipinski definition) is 1. The molecule has 1 aliphatic rings. The van der Waals surface area contributed by atoms with Gasteiger partial charge in [-0.05, 0) is 48.6 Å². The maximum Gasteiger partial charge on any atom is 0.312 e. The van der Waals surface area contributed by atoms with Gasteiger partial charge in [-0.3, -0.25) is 14.9 Å². The Bertz CT molecular complexity index is 1060. The van der Waals surface area contributed by atoms with Gasteiger partial charge >= 0.3 is 5.69 Å². The van der Waals surface area contributed by atoms with E-state index >= 15 is 0 Å². The van der Waals surface area contributed by atoms with Crippen molar-refractivity contribution < 1.29 is 14.5 Å². The predicted octanol–water partition coefficient (Wildman–Crippen LogP) is 5.64. The van der Waals surface area contributed by atoms with Gasteiger partial charge in [-0.1, -0.05) is 49.6 Å². The first-order valence-corrected chi connectivity index (χ1v) is 10.4. The monoisotopic (exact) mass is 439 g/mol. The summed E-state index contributed by atoms with van der Waals surface area (Å²) in [6.45, 7) is 2.08. The molecule has 0 radical (unpaired) electrons. The minimum Gasteiger partial charge on any atom is -0.449 e. The highest BCUT2D eigenvalue weighted by Crippen LogP contribution is 2.35. The Hall–Kier alpha value is -3.37. The number of ether oxygens (including phenoxy) is 1. The first-order valence-electron chi connectivity index (χ1n) is 10.0. The Labute approximate surface area is 185 Å². The number of nitriles is 1. The van der Waals surface area contributed by atoms with Gasteiger partial charge in [0.05, 0.1) is 9.95 Å². The lowest BCUT2D eigenvalue weighted by Crippen LogP contribution is -2.41. The lowest BCUT2D eigenvalue weighted by molar-refractivity contribution is -0.385. The summed E-state index contributed by atoms with van der Waals surface area (Å²) in [7, 11) is 0. The van der Waals surface area contributed by atoms with E-state index < -0.39 is 10.8 Å². The van der Waals surface area contributed by atoms with Gasteiger partial charge in [0.25, 0.3) is 5.91 Å². The minimum atomic E-state index is -0.584. The standard InChI is InChI=1S/C23H22ClN3O4/c1-15-6-2-4-8-19(15)26-23(28)17(14-25)12-16-10-11-22(20(13-16)27(29)30)31-21-9-5-3-7-18(21)24/h3,5,7,9-13,15,19H,2,4,6,8H2,1H3,(H,26,28)/b17-12+. The van der Waals surface area contributed by atoms with E-state index in [0.29, 0.717) is 16.5 Å². The quantitative estimate of drug-likeness (QED) is 0.271. The molecule has 2 aromatic carbocycles. The number of rotatable bonds is 6. The fourth-order valence-corrected chi connectivity index (χ4v) is 3.77. The molecule has 2 atom stereocenters. The molecule has 160 valence electrons. The Balaban J connectivity index is 1.84. The molecule has 3 rings (SSSR count). The van der Waals surface area contributed by atoms with Crippen LogP contribution in [-0.2, 0) is 4.79 Å². The molecule has 0 heterocycles. The summed E-state index contributed by atoms with van der Waals surface area (Å²) < 4.78 is 5.61. The zero-order chi connectivity index (χ0) is 22.4. The number of benzene rings is 2. The van der Waals surface area contributed by atoms with Crippen LogP contribution in [-0.4, -0.2) is 16.9 Å². The summed E-state index contributed by atoms with van der Waals surface area (Å²) in [5.74, 6) is 0.170. The van der Waals surface area contributed by atoms with Crippen LogP contribution in [0.15, 0.2) is 48.0 Å². The number of para-hydroxylation sites is 1. The van der Waals surface area contributed by atoms with Crippen LogP contribution in [0.1, 0.15) is 38.2 Å². The number of hydrogen-bond acceptors (Lipinski definition) is 5. The van der Waals surface area contributed by atoms with E-state index in [1.807, 2.05) is 6.07 Å². The van der Waals surface area contributed by atoms with Crippen molar-refractivity contribution >= 4 is 29.3 Å². The number of carbonyl (C=O) groups is 1. The molecule has 0 aromatic heterocycles. The van der Waals surface area contributed by atoms with Crippen molar-refractivity contribution in [2.75, 3.05) is 0 Å². The molecule has 2 aromatic rings. The number of carbonyl (C=O) groups excluding carboxylic acids is 1. The third-order valence-corrected chi connectivity index (χ3v) is 5.65.